The zero-order chi connectivity index (χ0) is 14.2. The zero-order valence-corrected chi connectivity index (χ0v) is 11.8. The summed E-state index contributed by atoms with van der Waals surface area (Å²) in [4.78, 5) is 19.1. The standard InChI is InChI=1S/C13H19N7/c1-13(2)3-6-19(7-4-13)11-16-10(14)17-12(18-11)20-8-5-15-9-20/h5,8-9H,3-4,6-7H2,1-2H3,(H2,14,16,17,18). The molecule has 2 aromatic heterocycles. The lowest BCUT2D eigenvalue weighted by Crippen LogP contribution is -2.38. The molecule has 0 unspecified atom stereocenters. The number of anilines is 2. The van der Waals surface area contributed by atoms with Gasteiger partial charge in [0, 0.05) is 25.5 Å². The van der Waals surface area contributed by atoms with E-state index in [0.717, 1.165) is 25.9 Å². The number of nitrogen functional groups attached to an aromatic ring is 1. The summed E-state index contributed by atoms with van der Waals surface area (Å²) in [6, 6.07) is 0. The van der Waals surface area contributed by atoms with Gasteiger partial charge in [-0.15, -0.1) is 0 Å². The topological polar surface area (TPSA) is 85.8 Å². The molecule has 0 aromatic carbocycles. The molecule has 0 aliphatic carbocycles. The number of piperidine rings is 1. The maximum Gasteiger partial charge on any atom is 0.241 e. The van der Waals surface area contributed by atoms with Crippen LogP contribution in [0.3, 0.4) is 0 Å². The van der Waals surface area contributed by atoms with Crippen LogP contribution in [0.5, 0.6) is 0 Å². The first-order valence-corrected chi connectivity index (χ1v) is 6.78. The molecule has 1 aliphatic rings. The molecule has 106 valence electrons. The second-order valence-electron chi connectivity index (χ2n) is 5.91. The Kier molecular flexibility index (Phi) is 3.04. The Morgan fingerprint density at radius 1 is 1.10 bits per heavy atom. The largest absolute Gasteiger partial charge is 0.368 e. The summed E-state index contributed by atoms with van der Waals surface area (Å²) in [5.74, 6) is 1.40. The predicted octanol–water partition coefficient (Wildman–Crippen LogP) is 1.27. The minimum Gasteiger partial charge on any atom is -0.368 e. The summed E-state index contributed by atoms with van der Waals surface area (Å²) in [5, 5.41) is 0. The van der Waals surface area contributed by atoms with Gasteiger partial charge in [0.2, 0.25) is 17.8 Å². The molecular weight excluding hydrogens is 254 g/mol. The predicted molar refractivity (Wildman–Crippen MR) is 76.6 cm³/mol. The Labute approximate surface area is 117 Å². The molecule has 20 heavy (non-hydrogen) atoms. The molecule has 3 rings (SSSR count). The van der Waals surface area contributed by atoms with Gasteiger partial charge >= 0.3 is 0 Å². The Bertz CT molecular complexity index is 581. The highest BCUT2D eigenvalue weighted by Gasteiger charge is 2.27. The minimum atomic E-state index is 0.239. The number of nitrogens with zero attached hydrogens (tertiary/aromatic N) is 6. The highest BCUT2D eigenvalue weighted by Crippen LogP contribution is 2.31. The van der Waals surface area contributed by atoms with Crippen molar-refractivity contribution >= 4 is 11.9 Å². The average Bonchev–Trinajstić information content (AvgIpc) is 2.91. The SMILES string of the molecule is CC1(C)CCN(c2nc(N)nc(-n3ccnc3)n2)CC1. The lowest BCUT2D eigenvalue weighted by molar-refractivity contribution is 0.278. The van der Waals surface area contributed by atoms with Crippen molar-refractivity contribution in [3.8, 4) is 5.95 Å². The summed E-state index contributed by atoms with van der Waals surface area (Å²) in [7, 11) is 0. The minimum absolute atomic E-state index is 0.239. The quantitative estimate of drug-likeness (QED) is 0.886. The average molecular weight is 273 g/mol. The van der Waals surface area contributed by atoms with Crippen molar-refractivity contribution in [2.45, 2.75) is 26.7 Å². The molecule has 0 atom stereocenters. The monoisotopic (exact) mass is 273 g/mol. The van der Waals surface area contributed by atoms with E-state index in [1.165, 1.54) is 0 Å². The molecule has 7 nitrogen and oxygen atoms in total. The summed E-state index contributed by atoms with van der Waals surface area (Å²) in [5.41, 5.74) is 6.19. The van der Waals surface area contributed by atoms with Crippen LogP contribution in [0.25, 0.3) is 5.95 Å². The molecule has 0 amide bonds. The smallest absolute Gasteiger partial charge is 0.241 e. The van der Waals surface area contributed by atoms with E-state index in [1.807, 2.05) is 0 Å². The van der Waals surface area contributed by atoms with E-state index in [9.17, 15) is 0 Å². The van der Waals surface area contributed by atoms with Gasteiger partial charge in [-0.05, 0) is 18.3 Å². The Morgan fingerprint density at radius 3 is 2.45 bits per heavy atom. The first-order valence-electron chi connectivity index (χ1n) is 6.78. The third-order valence-corrected chi connectivity index (χ3v) is 3.76. The van der Waals surface area contributed by atoms with Crippen molar-refractivity contribution in [1.29, 1.82) is 0 Å². The van der Waals surface area contributed by atoms with Crippen LogP contribution in [-0.4, -0.2) is 37.6 Å². The van der Waals surface area contributed by atoms with E-state index in [4.69, 9.17) is 5.73 Å². The van der Waals surface area contributed by atoms with Crippen LogP contribution in [0.15, 0.2) is 18.7 Å². The van der Waals surface area contributed by atoms with Crippen molar-refractivity contribution in [2.24, 2.45) is 5.41 Å². The fraction of sp³-hybridized carbons (Fsp3) is 0.538. The summed E-state index contributed by atoms with van der Waals surface area (Å²) >= 11 is 0. The third-order valence-electron chi connectivity index (χ3n) is 3.76. The number of hydrogen-bond donors (Lipinski definition) is 1. The Balaban J connectivity index is 1.87. The molecule has 3 heterocycles. The van der Waals surface area contributed by atoms with Gasteiger partial charge in [-0.25, -0.2) is 4.98 Å². The molecular formula is C13H19N7. The highest BCUT2D eigenvalue weighted by atomic mass is 15.3. The van der Waals surface area contributed by atoms with Gasteiger partial charge < -0.3 is 10.6 Å². The van der Waals surface area contributed by atoms with Crippen molar-refractivity contribution in [3.63, 3.8) is 0 Å². The Morgan fingerprint density at radius 2 is 1.80 bits per heavy atom. The number of rotatable bonds is 2. The van der Waals surface area contributed by atoms with Crippen LogP contribution < -0.4 is 10.6 Å². The molecule has 2 aromatic rings. The van der Waals surface area contributed by atoms with Gasteiger partial charge in [0.15, 0.2) is 0 Å². The van der Waals surface area contributed by atoms with E-state index in [2.05, 4.69) is 38.7 Å². The molecule has 2 N–H and O–H groups in total. The van der Waals surface area contributed by atoms with Crippen LogP contribution in [0.2, 0.25) is 0 Å². The third kappa shape index (κ3) is 2.56. The van der Waals surface area contributed by atoms with Gasteiger partial charge in [0.1, 0.15) is 6.33 Å². The molecule has 0 bridgehead atoms. The molecule has 0 spiro atoms. The number of imidazole rings is 1. The highest BCUT2D eigenvalue weighted by molar-refractivity contribution is 5.38. The zero-order valence-electron chi connectivity index (χ0n) is 11.8. The van der Waals surface area contributed by atoms with Gasteiger partial charge in [-0.1, -0.05) is 13.8 Å². The first-order chi connectivity index (χ1) is 9.53. The molecule has 1 aliphatic heterocycles. The van der Waals surface area contributed by atoms with Gasteiger partial charge in [-0.2, -0.15) is 15.0 Å². The van der Waals surface area contributed by atoms with Crippen molar-refractivity contribution < 1.29 is 0 Å². The van der Waals surface area contributed by atoms with Gasteiger partial charge in [0.25, 0.3) is 0 Å². The maximum absolute atomic E-state index is 5.80. The summed E-state index contributed by atoms with van der Waals surface area (Å²) in [6.07, 6.45) is 7.37. The van der Waals surface area contributed by atoms with Crippen LogP contribution >= 0.6 is 0 Å². The Hall–Kier alpha value is -2.18. The normalized spacial score (nSPS) is 18.2. The molecule has 0 saturated carbocycles. The number of nitrogens with two attached hydrogens (primary N) is 1. The molecule has 0 radical (unpaired) electrons. The molecule has 1 saturated heterocycles. The van der Waals surface area contributed by atoms with Gasteiger partial charge in [-0.3, -0.25) is 4.57 Å². The van der Waals surface area contributed by atoms with Crippen LogP contribution in [0.4, 0.5) is 11.9 Å². The number of aromatic nitrogens is 5. The molecule has 1 fully saturated rings. The van der Waals surface area contributed by atoms with Crippen LogP contribution in [0.1, 0.15) is 26.7 Å². The second-order valence-corrected chi connectivity index (χ2v) is 5.91. The van der Waals surface area contributed by atoms with Crippen LogP contribution in [0, 0.1) is 5.41 Å². The van der Waals surface area contributed by atoms with E-state index in [-0.39, 0.29) is 5.95 Å². The molecule has 7 heteroatoms. The lowest BCUT2D eigenvalue weighted by Gasteiger charge is -2.36. The second kappa shape index (κ2) is 4.73. The first kappa shape index (κ1) is 12.8. The van der Waals surface area contributed by atoms with Crippen LogP contribution in [-0.2, 0) is 0 Å². The van der Waals surface area contributed by atoms with Gasteiger partial charge in [0.05, 0.1) is 0 Å². The van der Waals surface area contributed by atoms with Crippen molar-refractivity contribution in [1.82, 2.24) is 24.5 Å². The van der Waals surface area contributed by atoms with Crippen molar-refractivity contribution in [2.75, 3.05) is 23.7 Å². The van der Waals surface area contributed by atoms with E-state index >= 15 is 0 Å². The summed E-state index contributed by atoms with van der Waals surface area (Å²) in [6.45, 7) is 6.48. The van der Waals surface area contributed by atoms with E-state index in [1.54, 1.807) is 23.3 Å². The maximum atomic E-state index is 5.80. The fourth-order valence-electron chi connectivity index (χ4n) is 2.32. The number of hydrogen-bond acceptors (Lipinski definition) is 6. The van der Waals surface area contributed by atoms with Crippen molar-refractivity contribution in [3.05, 3.63) is 18.7 Å². The summed E-state index contributed by atoms with van der Waals surface area (Å²) < 4.78 is 1.73. The fourth-order valence-corrected chi connectivity index (χ4v) is 2.32. The van der Waals surface area contributed by atoms with E-state index in [0.29, 0.717) is 17.3 Å². The van der Waals surface area contributed by atoms with E-state index < -0.39 is 0 Å². The lowest BCUT2D eigenvalue weighted by atomic mass is 9.83.